The van der Waals surface area contributed by atoms with Gasteiger partial charge in [-0.2, -0.15) is 0 Å². The van der Waals surface area contributed by atoms with Crippen LogP contribution in [0.5, 0.6) is 0 Å². The highest BCUT2D eigenvalue weighted by atomic mass is 16.5. The van der Waals surface area contributed by atoms with Gasteiger partial charge in [0.05, 0.1) is 6.61 Å². The molecule has 0 saturated heterocycles. The highest BCUT2D eigenvalue weighted by Gasteiger charge is 1.93. The van der Waals surface area contributed by atoms with E-state index >= 15 is 0 Å². The van der Waals surface area contributed by atoms with Crippen molar-refractivity contribution in [3.63, 3.8) is 0 Å². The Morgan fingerprint density at radius 3 is 2.77 bits per heavy atom. The molecule has 13 heavy (non-hydrogen) atoms. The lowest BCUT2D eigenvalue weighted by Gasteiger charge is -1.98. The molecule has 0 aliphatic rings. The van der Waals surface area contributed by atoms with E-state index in [0.29, 0.717) is 6.61 Å². The van der Waals surface area contributed by atoms with Crippen molar-refractivity contribution in [1.82, 2.24) is 0 Å². The van der Waals surface area contributed by atoms with Gasteiger partial charge >= 0.3 is 5.97 Å². The van der Waals surface area contributed by atoms with Crippen LogP contribution in [0, 0.1) is 0 Å². The van der Waals surface area contributed by atoms with Crippen molar-refractivity contribution in [2.45, 2.75) is 33.1 Å². The summed E-state index contributed by atoms with van der Waals surface area (Å²) in [6, 6.07) is 0. The first-order valence-electron chi connectivity index (χ1n) is 4.75. The molecule has 0 atom stereocenters. The first-order chi connectivity index (χ1) is 6.31. The summed E-state index contributed by atoms with van der Waals surface area (Å²) in [5.41, 5.74) is 0. The number of hydrogen-bond acceptors (Lipinski definition) is 2. The number of unbranched alkanes of at least 4 members (excludes halogenated alkanes) is 1. The van der Waals surface area contributed by atoms with Crippen LogP contribution in [-0.2, 0) is 9.53 Å². The topological polar surface area (TPSA) is 26.3 Å². The standard InChI is InChI=1S/C11H18O2/c1-3-5-7-8-9-11(12)13-10-6-4-2/h3,5,8-9H,4,6-7,10H2,1-2H3/b5-3+,9-8+. The Labute approximate surface area is 80.3 Å². The summed E-state index contributed by atoms with van der Waals surface area (Å²) >= 11 is 0. The zero-order valence-corrected chi connectivity index (χ0v) is 8.45. The minimum atomic E-state index is -0.238. The molecule has 2 nitrogen and oxygen atoms in total. The van der Waals surface area contributed by atoms with Crippen LogP contribution in [0.2, 0.25) is 0 Å². The summed E-state index contributed by atoms with van der Waals surface area (Å²) < 4.78 is 4.91. The molecular formula is C11H18O2. The average molecular weight is 182 g/mol. The van der Waals surface area contributed by atoms with Gasteiger partial charge in [0.2, 0.25) is 0 Å². The molecule has 0 aliphatic carbocycles. The summed E-state index contributed by atoms with van der Waals surface area (Å²) in [6.07, 6.45) is 10.00. The van der Waals surface area contributed by atoms with E-state index < -0.39 is 0 Å². The molecule has 0 rings (SSSR count). The normalized spacial score (nSPS) is 11.2. The van der Waals surface area contributed by atoms with Gasteiger partial charge in [-0.25, -0.2) is 4.79 Å². The zero-order valence-electron chi connectivity index (χ0n) is 8.45. The van der Waals surface area contributed by atoms with Crippen LogP contribution < -0.4 is 0 Å². The van der Waals surface area contributed by atoms with Crippen LogP contribution in [-0.4, -0.2) is 12.6 Å². The van der Waals surface area contributed by atoms with Crippen molar-refractivity contribution < 1.29 is 9.53 Å². The van der Waals surface area contributed by atoms with Gasteiger partial charge in [-0.3, -0.25) is 0 Å². The number of esters is 1. The maximum atomic E-state index is 10.9. The molecule has 0 aromatic heterocycles. The smallest absolute Gasteiger partial charge is 0.330 e. The van der Waals surface area contributed by atoms with Crippen molar-refractivity contribution >= 4 is 5.97 Å². The van der Waals surface area contributed by atoms with E-state index in [1.165, 1.54) is 6.08 Å². The molecule has 0 unspecified atom stereocenters. The second kappa shape index (κ2) is 9.04. The van der Waals surface area contributed by atoms with Gasteiger partial charge in [0.1, 0.15) is 0 Å². The molecule has 74 valence electrons. The number of rotatable bonds is 6. The van der Waals surface area contributed by atoms with Crippen molar-refractivity contribution in [2.24, 2.45) is 0 Å². The molecule has 0 spiro atoms. The van der Waals surface area contributed by atoms with Crippen LogP contribution in [0.15, 0.2) is 24.3 Å². The molecule has 0 fully saturated rings. The maximum Gasteiger partial charge on any atom is 0.330 e. The third-order valence-corrected chi connectivity index (χ3v) is 1.50. The SMILES string of the molecule is C/C=C/C/C=C/C(=O)OCCCC. The number of allylic oxidation sites excluding steroid dienone is 3. The molecule has 2 heteroatoms. The molecule has 0 bridgehead atoms. The summed E-state index contributed by atoms with van der Waals surface area (Å²) in [6.45, 7) is 4.55. The molecule has 0 aromatic rings. The Kier molecular flexibility index (Phi) is 8.31. The van der Waals surface area contributed by atoms with Crippen molar-refractivity contribution in [3.05, 3.63) is 24.3 Å². The fourth-order valence-corrected chi connectivity index (χ4v) is 0.744. The lowest BCUT2D eigenvalue weighted by atomic mass is 10.3. The van der Waals surface area contributed by atoms with Crippen molar-refractivity contribution in [1.29, 1.82) is 0 Å². The fourth-order valence-electron chi connectivity index (χ4n) is 0.744. The molecule has 0 aromatic carbocycles. The second-order valence-corrected chi connectivity index (χ2v) is 2.73. The van der Waals surface area contributed by atoms with E-state index in [2.05, 4.69) is 6.92 Å². The quantitative estimate of drug-likeness (QED) is 0.273. The number of hydrogen-bond donors (Lipinski definition) is 0. The zero-order chi connectivity index (χ0) is 9.94. The predicted octanol–water partition coefficient (Wildman–Crippen LogP) is 2.85. The third-order valence-electron chi connectivity index (χ3n) is 1.50. The molecular weight excluding hydrogens is 164 g/mol. The number of ether oxygens (including phenoxy) is 1. The first-order valence-corrected chi connectivity index (χ1v) is 4.75. The van der Waals surface area contributed by atoms with E-state index in [1.807, 2.05) is 19.1 Å². The fraction of sp³-hybridized carbons (Fsp3) is 0.545. The average Bonchev–Trinajstić information content (AvgIpc) is 2.13. The Hall–Kier alpha value is -1.05. The largest absolute Gasteiger partial charge is 0.463 e. The molecule has 0 N–H and O–H groups in total. The van der Waals surface area contributed by atoms with Gasteiger partial charge in [-0.1, -0.05) is 31.6 Å². The van der Waals surface area contributed by atoms with E-state index in [0.717, 1.165) is 19.3 Å². The van der Waals surface area contributed by atoms with Crippen LogP contribution in [0.4, 0.5) is 0 Å². The van der Waals surface area contributed by atoms with Crippen LogP contribution in [0.3, 0.4) is 0 Å². The Balaban J connectivity index is 3.43. The van der Waals surface area contributed by atoms with E-state index in [1.54, 1.807) is 6.08 Å². The van der Waals surface area contributed by atoms with Crippen LogP contribution in [0.25, 0.3) is 0 Å². The summed E-state index contributed by atoms with van der Waals surface area (Å²) in [5, 5.41) is 0. The Morgan fingerprint density at radius 2 is 2.15 bits per heavy atom. The van der Waals surface area contributed by atoms with E-state index in [9.17, 15) is 4.79 Å². The van der Waals surface area contributed by atoms with Crippen molar-refractivity contribution in [2.75, 3.05) is 6.61 Å². The van der Waals surface area contributed by atoms with Crippen LogP contribution >= 0.6 is 0 Å². The minimum Gasteiger partial charge on any atom is -0.463 e. The molecule has 0 radical (unpaired) electrons. The van der Waals surface area contributed by atoms with Gasteiger partial charge < -0.3 is 4.74 Å². The highest BCUT2D eigenvalue weighted by molar-refractivity contribution is 5.81. The molecule has 0 amide bonds. The number of carbonyl (C=O) groups excluding carboxylic acids is 1. The van der Waals surface area contributed by atoms with Gasteiger partial charge in [-0.15, -0.1) is 0 Å². The van der Waals surface area contributed by atoms with E-state index in [4.69, 9.17) is 4.74 Å². The van der Waals surface area contributed by atoms with E-state index in [-0.39, 0.29) is 5.97 Å². The summed E-state index contributed by atoms with van der Waals surface area (Å²) in [7, 11) is 0. The first kappa shape index (κ1) is 11.9. The highest BCUT2D eigenvalue weighted by Crippen LogP contribution is 1.91. The maximum absolute atomic E-state index is 10.9. The molecule has 0 heterocycles. The Morgan fingerprint density at radius 1 is 1.38 bits per heavy atom. The molecule has 0 saturated carbocycles. The third kappa shape index (κ3) is 8.86. The predicted molar refractivity (Wildman–Crippen MR) is 54.4 cm³/mol. The van der Waals surface area contributed by atoms with Crippen LogP contribution in [0.1, 0.15) is 33.1 Å². The Bertz CT molecular complexity index is 181. The monoisotopic (exact) mass is 182 g/mol. The van der Waals surface area contributed by atoms with Gasteiger partial charge in [0.25, 0.3) is 0 Å². The van der Waals surface area contributed by atoms with Crippen molar-refractivity contribution in [3.8, 4) is 0 Å². The minimum absolute atomic E-state index is 0.238. The lowest BCUT2D eigenvalue weighted by Crippen LogP contribution is -2.01. The van der Waals surface area contributed by atoms with Gasteiger partial charge in [-0.05, 0) is 19.8 Å². The summed E-state index contributed by atoms with van der Waals surface area (Å²) in [4.78, 5) is 10.9. The lowest BCUT2D eigenvalue weighted by molar-refractivity contribution is -0.137. The summed E-state index contributed by atoms with van der Waals surface area (Å²) in [5.74, 6) is -0.238. The van der Waals surface area contributed by atoms with Gasteiger partial charge in [0, 0.05) is 6.08 Å². The van der Waals surface area contributed by atoms with Gasteiger partial charge in [0.15, 0.2) is 0 Å². The number of carbonyl (C=O) groups is 1. The second-order valence-electron chi connectivity index (χ2n) is 2.73. The molecule has 0 aliphatic heterocycles.